The minimum Gasteiger partial charge on any atom is -0.744 e. The number of aromatic hydroxyl groups is 1. The summed E-state index contributed by atoms with van der Waals surface area (Å²) >= 11 is 0. The number of piperidine rings is 1. The zero-order valence-corrected chi connectivity index (χ0v) is 14.3. The predicted molar refractivity (Wildman–Crippen MR) is 86.0 cm³/mol. The van der Waals surface area contributed by atoms with E-state index in [9.17, 15) is 17.8 Å². The van der Waals surface area contributed by atoms with Gasteiger partial charge in [-0.3, -0.25) is 4.79 Å². The van der Waals surface area contributed by atoms with Gasteiger partial charge in [0, 0.05) is 0 Å². The molecule has 128 valence electrons. The monoisotopic (exact) mass is 341 g/mol. The Morgan fingerprint density at radius 3 is 2.35 bits per heavy atom. The predicted octanol–water partition coefficient (Wildman–Crippen LogP) is 1.59. The topological polar surface area (TPSA) is 94.5 Å². The normalized spacial score (nSPS) is 17.1. The molecule has 0 aromatic heterocycles. The van der Waals surface area contributed by atoms with Gasteiger partial charge >= 0.3 is 0 Å². The Bertz CT molecular complexity index is 672. The van der Waals surface area contributed by atoms with Gasteiger partial charge in [-0.1, -0.05) is 12.6 Å². The summed E-state index contributed by atoms with van der Waals surface area (Å²) in [6, 6.07) is 3.64. The molecule has 0 radical (unpaired) electrons. The third-order valence-electron chi connectivity index (χ3n) is 3.87. The summed E-state index contributed by atoms with van der Waals surface area (Å²) in [5, 5.41) is 8.90. The molecule has 1 saturated heterocycles. The summed E-state index contributed by atoms with van der Waals surface area (Å²) < 4.78 is 32.6. The number of quaternary nitrogens is 1. The van der Waals surface area contributed by atoms with Crippen LogP contribution in [0, 0.1) is 6.92 Å². The number of Topliss-reactive ketones (excluding diaryl/α,β-unsaturated/α-hetero) is 1. The van der Waals surface area contributed by atoms with Crippen LogP contribution in [-0.4, -0.2) is 55.0 Å². The maximum absolute atomic E-state index is 10.9. The minimum absolute atomic E-state index is 0.227. The van der Waals surface area contributed by atoms with Crippen LogP contribution in [0.15, 0.2) is 35.7 Å². The second-order valence-corrected chi connectivity index (χ2v) is 7.33. The third-order valence-corrected chi connectivity index (χ3v) is 4.85. The lowest BCUT2D eigenvalue weighted by Crippen LogP contribution is -2.49. The lowest BCUT2D eigenvalue weighted by atomic mass is 10.1. The molecule has 1 heterocycles. The fourth-order valence-electron chi connectivity index (χ4n) is 2.38. The van der Waals surface area contributed by atoms with Crippen LogP contribution < -0.4 is 0 Å². The zero-order chi connectivity index (χ0) is 17.7. The second kappa shape index (κ2) is 7.72. The first kappa shape index (κ1) is 19.3. The first-order valence-corrected chi connectivity index (χ1v) is 8.70. The molecule has 1 aromatic carbocycles. The molecule has 1 N–H and O–H groups in total. The molecule has 1 aliphatic heterocycles. The number of nitrogens with zero attached hydrogens (tertiary/aromatic N) is 1. The molecule has 0 bridgehead atoms. The van der Waals surface area contributed by atoms with Gasteiger partial charge in [-0.05, 0) is 30.7 Å². The van der Waals surface area contributed by atoms with Crippen LogP contribution >= 0.6 is 0 Å². The molecular weight excluding hydrogens is 318 g/mol. The molecule has 6 nitrogen and oxygen atoms in total. The minimum atomic E-state index is -4.47. The van der Waals surface area contributed by atoms with Crippen LogP contribution in [0.2, 0.25) is 0 Å². The van der Waals surface area contributed by atoms with Crippen LogP contribution in [-0.2, 0) is 14.9 Å². The smallest absolute Gasteiger partial charge is 0.144 e. The molecular formula is C16H23NO5S. The molecule has 0 amide bonds. The van der Waals surface area contributed by atoms with Crippen molar-refractivity contribution < 1.29 is 27.4 Å². The van der Waals surface area contributed by atoms with Gasteiger partial charge in [-0.15, -0.1) is 0 Å². The van der Waals surface area contributed by atoms with E-state index in [1.54, 1.807) is 0 Å². The largest absolute Gasteiger partial charge is 0.744 e. The molecule has 1 fully saturated rings. The SMILES string of the molecule is C=CC[N+]1(C)CCC(=O)CC1.Cc1ccc(O)cc1S(=O)(=O)[O-]. The second-order valence-electron chi connectivity index (χ2n) is 5.98. The van der Waals surface area contributed by atoms with Gasteiger partial charge in [-0.25, -0.2) is 8.42 Å². The van der Waals surface area contributed by atoms with Crippen LogP contribution in [0.1, 0.15) is 18.4 Å². The Morgan fingerprint density at radius 2 is 1.91 bits per heavy atom. The van der Waals surface area contributed by atoms with Crippen LogP contribution in [0.25, 0.3) is 0 Å². The van der Waals surface area contributed by atoms with Crippen molar-refractivity contribution in [3.8, 4) is 5.75 Å². The van der Waals surface area contributed by atoms with Crippen LogP contribution in [0.4, 0.5) is 0 Å². The van der Waals surface area contributed by atoms with E-state index in [-0.39, 0.29) is 10.6 Å². The highest BCUT2D eigenvalue weighted by atomic mass is 32.2. The number of hydrogen-bond acceptors (Lipinski definition) is 5. The maximum Gasteiger partial charge on any atom is 0.144 e. The van der Waals surface area contributed by atoms with Crippen molar-refractivity contribution in [2.24, 2.45) is 0 Å². The summed E-state index contributed by atoms with van der Waals surface area (Å²) in [7, 11) is -2.28. The van der Waals surface area contributed by atoms with Crippen molar-refractivity contribution in [2.45, 2.75) is 24.7 Å². The Balaban J connectivity index is 0.000000231. The number of rotatable bonds is 3. The summed E-state index contributed by atoms with van der Waals surface area (Å²) in [4.78, 5) is 10.5. The lowest BCUT2D eigenvalue weighted by Gasteiger charge is -2.36. The van der Waals surface area contributed by atoms with Gasteiger partial charge in [0.15, 0.2) is 0 Å². The van der Waals surface area contributed by atoms with E-state index >= 15 is 0 Å². The summed E-state index contributed by atoms with van der Waals surface area (Å²) in [6.07, 6.45) is 3.45. The fraction of sp³-hybridized carbons (Fsp3) is 0.438. The number of phenolic OH excluding ortho intramolecular Hbond substituents is 1. The molecule has 7 heteroatoms. The fourth-order valence-corrected chi connectivity index (χ4v) is 3.11. The highest BCUT2D eigenvalue weighted by molar-refractivity contribution is 7.85. The number of phenols is 1. The number of likely N-dealkylation sites (tertiary alicyclic amines) is 1. The van der Waals surface area contributed by atoms with Crippen molar-refractivity contribution in [2.75, 3.05) is 26.7 Å². The van der Waals surface area contributed by atoms with Crippen LogP contribution in [0.3, 0.4) is 0 Å². The number of carbonyl (C=O) groups is 1. The Kier molecular flexibility index (Phi) is 6.49. The molecule has 23 heavy (non-hydrogen) atoms. The van der Waals surface area contributed by atoms with Gasteiger partial charge in [0.05, 0.1) is 44.4 Å². The molecule has 2 rings (SSSR count). The van der Waals surface area contributed by atoms with Gasteiger partial charge < -0.3 is 14.1 Å². The van der Waals surface area contributed by atoms with E-state index in [1.807, 2.05) is 6.08 Å². The zero-order valence-electron chi connectivity index (χ0n) is 13.5. The third kappa shape index (κ3) is 6.13. The summed E-state index contributed by atoms with van der Waals surface area (Å²) in [5.41, 5.74) is 0.336. The van der Waals surface area contributed by atoms with Crippen molar-refractivity contribution in [1.82, 2.24) is 0 Å². The van der Waals surface area contributed by atoms with Crippen molar-refractivity contribution in [3.05, 3.63) is 36.4 Å². The first-order chi connectivity index (χ1) is 10.6. The number of ketones is 1. The lowest BCUT2D eigenvalue weighted by molar-refractivity contribution is -0.905. The Morgan fingerprint density at radius 1 is 1.35 bits per heavy atom. The number of likely N-dealkylation sites (N-methyl/N-ethyl adjacent to an activating group) is 1. The van der Waals surface area contributed by atoms with E-state index in [2.05, 4.69) is 13.6 Å². The van der Waals surface area contributed by atoms with Crippen LogP contribution in [0.5, 0.6) is 5.75 Å². The van der Waals surface area contributed by atoms with Gasteiger partial charge in [0.25, 0.3) is 0 Å². The van der Waals surface area contributed by atoms with E-state index in [0.717, 1.165) is 43.0 Å². The summed E-state index contributed by atoms with van der Waals surface area (Å²) in [5.74, 6) is 0.194. The van der Waals surface area contributed by atoms with Crippen molar-refractivity contribution >= 4 is 15.9 Å². The molecule has 1 aliphatic rings. The van der Waals surface area contributed by atoms with Gasteiger partial charge in [0.2, 0.25) is 0 Å². The average molecular weight is 341 g/mol. The highest BCUT2D eigenvalue weighted by Gasteiger charge is 2.26. The molecule has 0 spiro atoms. The van der Waals surface area contributed by atoms with Gasteiger partial charge in [0.1, 0.15) is 21.7 Å². The van der Waals surface area contributed by atoms with Crippen molar-refractivity contribution in [3.63, 3.8) is 0 Å². The summed E-state index contributed by atoms with van der Waals surface area (Å²) in [6.45, 7) is 8.18. The quantitative estimate of drug-likeness (QED) is 0.512. The number of aryl methyl sites for hydroxylation is 1. The van der Waals surface area contributed by atoms with E-state index in [1.165, 1.54) is 19.1 Å². The van der Waals surface area contributed by atoms with E-state index in [4.69, 9.17) is 5.11 Å². The number of carbonyl (C=O) groups excluding carboxylic acids is 1. The molecule has 1 aromatic rings. The maximum atomic E-state index is 10.9. The van der Waals surface area contributed by atoms with Gasteiger partial charge in [-0.2, -0.15) is 0 Å². The highest BCUT2D eigenvalue weighted by Crippen LogP contribution is 2.19. The molecule has 0 saturated carbocycles. The Hall–Kier alpha value is -1.70. The molecule has 0 atom stereocenters. The Labute approximate surface area is 137 Å². The number of hydrogen-bond donors (Lipinski definition) is 1. The van der Waals surface area contributed by atoms with E-state index < -0.39 is 10.1 Å². The van der Waals surface area contributed by atoms with Crippen molar-refractivity contribution in [1.29, 1.82) is 0 Å². The molecule has 0 aliphatic carbocycles. The first-order valence-electron chi connectivity index (χ1n) is 7.29. The van der Waals surface area contributed by atoms with E-state index in [0.29, 0.717) is 11.3 Å². The standard InChI is InChI=1S/C9H16NO.C7H8O4S/c1-3-6-10(2)7-4-9(11)5-8-10;1-5-2-3-6(8)4-7(5)12(9,10)11/h3H,1,4-8H2,2H3;2-4,8H,1H3,(H,9,10,11)/q+1;/p-1. The molecule has 0 unspecified atom stereocenters. The average Bonchev–Trinajstić information content (AvgIpc) is 2.45. The number of benzene rings is 1.